The summed E-state index contributed by atoms with van der Waals surface area (Å²) in [5, 5.41) is 16.7. The quantitative estimate of drug-likeness (QED) is 0.476. The zero-order valence-electron chi connectivity index (χ0n) is 4.88. The van der Waals surface area contributed by atoms with Crippen molar-refractivity contribution in [3.8, 4) is 0 Å². The summed E-state index contributed by atoms with van der Waals surface area (Å²) in [4.78, 5) is 9.82. The van der Waals surface area contributed by atoms with E-state index in [1.165, 1.54) is 20.1 Å². The van der Waals surface area contributed by atoms with Crippen LogP contribution in [0.3, 0.4) is 0 Å². The third-order valence-electron chi connectivity index (χ3n) is 0.909. The predicted molar refractivity (Wildman–Crippen MR) is 27.7 cm³/mol. The van der Waals surface area contributed by atoms with E-state index >= 15 is 0 Å². The molecule has 0 saturated carbocycles. The van der Waals surface area contributed by atoms with Crippen molar-refractivity contribution in [2.24, 2.45) is 5.41 Å². The monoisotopic (exact) mass is 117 g/mol. The van der Waals surface area contributed by atoms with Crippen molar-refractivity contribution in [2.75, 3.05) is 0 Å². The van der Waals surface area contributed by atoms with Crippen LogP contribution in [0.1, 0.15) is 13.8 Å². The highest BCUT2D eigenvalue weighted by Crippen LogP contribution is 2.13. The van der Waals surface area contributed by atoms with E-state index < -0.39 is 11.7 Å². The van der Waals surface area contributed by atoms with Gasteiger partial charge in [0.2, 0.25) is 6.29 Å². The van der Waals surface area contributed by atoms with Crippen LogP contribution in [-0.4, -0.2) is 22.8 Å². The molecule has 0 aliphatic rings. The summed E-state index contributed by atoms with van der Waals surface area (Å²) >= 11 is 0. The lowest BCUT2D eigenvalue weighted by Crippen LogP contribution is -2.29. The summed E-state index contributed by atoms with van der Waals surface area (Å²) < 4.78 is 0. The van der Waals surface area contributed by atoms with Gasteiger partial charge in [-0.2, -0.15) is 0 Å². The van der Waals surface area contributed by atoms with Crippen LogP contribution < -0.4 is 0 Å². The molecule has 3 heteroatoms. The number of rotatable bonds is 2. The van der Waals surface area contributed by atoms with Crippen molar-refractivity contribution >= 4 is 6.29 Å². The zero-order chi connectivity index (χ0) is 6.78. The fraction of sp³-hybridized carbons (Fsp3) is 0.800. The Kier molecular flexibility index (Phi) is 2.12. The SMILES string of the molecule is CC(C)([C]=O)C(O)O. The van der Waals surface area contributed by atoms with Gasteiger partial charge in [0.05, 0.1) is 5.41 Å². The second-order valence-electron chi connectivity index (χ2n) is 2.20. The Morgan fingerprint density at radius 1 is 1.50 bits per heavy atom. The van der Waals surface area contributed by atoms with Crippen molar-refractivity contribution in [3.05, 3.63) is 0 Å². The molecule has 0 saturated heterocycles. The van der Waals surface area contributed by atoms with Crippen LogP contribution in [0.5, 0.6) is 0 Å². The van der Waals surface area contributed by atoms with Crippen molar-refractivity contribution in [3.63, 3.8) is 0 Å². The third kappa shape index (κ3) is 1.60. The van der Waals surface area contributed by atoms with Crippen molar-refractivity contribution in [2.45, 2.75) is 20.1 Å². The first-order chi connectivity index (χ1) is 3.50. The van der Waals surface area contributed by atoms with Gasteiger partial charge in [-0.15, -0.1) is 0 Å². The first kappa shape index (κ1) is 7.59. The highest BCUT2D eigenvalue weighted by molar-refractivity contribution is 5.59. The summed E-state index contributed by atoms with van der Waals surface area (Å²) in [5.74, 6) is 0. The second-order valence-corrected chi connectivity index (χ2v) is 2.20. The van der Waals surface area contributed by atoms with Crippen LogP contribution in [0.25, 0.3) is 0 Å². The maximum Gasteiger partial charge on any atom is 0.209 e. The van der Waals surface area contributed by atoms with Crippen LogP contribution in [0.4, 0.5) is 0 Å². The van der Waals surface area contributed by atoms with Crippen molar-refractivity contribution < 1.29 is 15.0 Å². The Balaban J connectivity index is 3.90. The number of carbonyl (C=O) groups excluding carboxylic acids is 1. The molecule has 0 aliphatic carbocycles. The Morgan fingerprint density at radius 2 is 1.88 bits per heavy atom. The number of aliphatic hydroxyl groups is 2. The van der Waals surface area contributed by atoms with Gasteiger partial charge in [0, 0.05) is 0 Å². The molecule has 2 N–H and O–H groups in total. The van der Waals surface area contributed by atoms with E-state index in [2.05, 4.69) is 0 Å². The molecule has 3 nitrogen and oxygen atoms in total. The van der Waals surface area contributed by atoms with Gasteiger partial charge in [-0.25, -0.2) is 0 Å². The molecule has 0 aliphatic heterocycles. The Labute approximate surface area is 47.9 Å². The average Bonchev–Trinajstić information content (AvgIpc) is 1.67. The first-order valence-electron chi connectivity index (χ1n) is 2.26. The highest BCUT2D eigenvalue weighted by Gasteiger charge is 2.25. The minimum Gasteiger partial charge on any atom is -0.367 e. The first-order valence-corrected chi connectivity index (χ1v) is 2.26. The smallest absolute Gasteiger partial charge is 0.209 e. The van der Waals surface area contributed by atoms with E-state index in [0.717, 1.165) is 0 Å². The molecule has 47 valence electrons. The molecule has 0 unspecified atom stereocenters. The molecule has 0 aromatic heterocycles. The van der Waals surface area contributed by atoms with Gasteiger partial charge in [-0.3, -0.25) is 4.79 Å². The van der Waals surface area contributed by atoms with Crippen LogP contribution in [0, 0.1) is 5.41 Å². The molecule has 0 heterocycles. The maximum atomic E-state index is 9.82. The summed E-state index contributed by atoms with van der Waals surface area (Å²) in [6.07, 6.45) is -0.120. The predicted octanol–water partition coefficient (Wildman–Crippen LogP) is -0.567. The lowest BCUT2D eigenvalue weighted by Gasteiger charge is -2.16. The molecule has 0 bridgehead atoms. The van der Waals surface area contributed by atoms with Crippen LogP contribution in [0.2, 0.25) is 0 Å². The molecule has 0 fully saturated rings. The van der Waals surface area contributed by atoms with Gasteiger partial charge < -0.3 is 10.2 Å². The fourth-order valence-corrected chi connectivity index (χ4v) is 0.0527. The molecule has 0 atom stereocenters. The number of hydrogen-bond donors (Lipinski definition) is 2. The van der Waals surface area contributed by atoms with Crippen molar-refractivity contribution in [1.29, 1.82) is 0 Å². The minimum absolute atomic E-state index is 1.15. The van der Waals surface area contributed by atoms with Gasteiger partial charge >= 0.3 is 0 Å². The summed E-state index contributed by atoms with van der Waals surface area (Å²) in [6, 6.07) is 0. The van der Waals surface area contributed by atoms with E-state index in [-0.39, 0.29) is 0 Å². The van der Waals surface area contributed by atoms with Gasteiger partial charge in [-0.05, 0) is 13.8 Å². The topological polar surface area (TPSA) is 57.5 Å². The van der Waals surface area contributed by atoms with Crippen LogP contribution in [-0.2, 0) is 4.79 Å². The Morgan fingerprint density at radius 3 is 1.88 bits per heavy atom. The molecule has 0 aromatic rings. The summed E-state index contributed by atoms with van der Waals surface area (Å²) in [5.41, 5.74) is -1.15. The van der Waals surface area contributed by atoms with Gasteiger partial charge in [0.25, 0.3) is 0 Å². The summed E-state index contributed by atoms with van der Waals surface area (Å²) in [6.45, 7) is 2.79. The molecular weight excluding hydrogens is 108 g/mol. The molecule has 0 amide bonds. The molecule has 0 aromatic carbocycles. The van der Waals surface area contributed by atoms with Gasteiger partial charge in [-0.1, -0.05) is 0 Å². The van der Waals surface area contributed by atoms with Gasteiger partial charge in [0.15, 0.2) is 6.29 Å². The lowest BCUT2D eigenvalue weighted by molar-refractivity contribution is -0.0946. The maximum absolute atomic E-state index is 9.82. The molecule has 0 spiro atoms. The number of hydrogen-bond acceptors (Lipinski definition) is 3. The third-order valence-corrected chi connectivity index (χ3v) is 0.909. The average molecular weight is 117 g/mol. The Hall–Kier alpha value is -0.410. The minimum atomic E-state index is -1.61. The van der Waals surface area contributed by atoms with Crippen LogP contribution in [0.15, 0.2) is 0 Å². The molecule has 0 rings (SSSR count). The number of aliphatic hydroxyl groups excluding tert-OH is 1. The van der Waals surface area contributed by atoms with E-state index in [9.17, 15) is 4.79 Å². The van der Waals surface area contributed by atoms with Crippen molar-refractivity contribution in [1.82, 2.24) is 0 Å². The van der Waals surface area contributed by atoms with Crippen LogP contribution >= 0.6 is 0 Å². The fourth-order valence-electron chi connectivity index (χ4n) is 0.0527. The lowest BCUT2D eigenvalue weighted by atomic mass is 9.95. The zero-order valence-corrected chi connectivity index (χ0v) is 4.88. The standard InChI is InChI=1S/C5H9O3/c1-5(2,3-6)4(7)8/h4,7-8H,1-2H3. The Bertz CT molecular complexity index is 85.7. The second kappa shape index (κ2) is 2.24. The van der Waals surface area contributed by atoms with E-state index in [4.69, 9.17) is 10.2 Å². The van der Waals surface area contributed by atoms with E-state index in [1.54, 1.807) is 0 Å². The normalized spacial score (nSPS) is 12.1. The molecular formula is C5H9O3. The molecule has 8 heavy (non-hydrogen) atoms. The van der Waals surface area contributed by atoms with Gasteiger partial charge in [0.1, 0.15) is 0 Å². The van der Waals surface area contributed by atoms with E-state index in [1.807, 2.05) is 0 Å². The molecule has 1 radical (unpaired) electrons. The largest absolute Gasteiger partial charge is 0.367 e. The summed E-state index contributed by atoms with van der Waals surface area (Å²) in [7, 11) is 0. The van der Waals surface area contributed by atoms with E-state index in [0.29, 0.717) is 0 Å². The highest BCUT2D eigenvalue weighted by atomic mass is 16.5.